The number of methoxy groups -OCH3 is 1. The number of aromatic nitrogens is 5. The molecule has 0 amide bonds. The van der Waals surface area contributed by atoms with Crippen molar-refractivity contribution < 1.29 is 4.74 Å². The highest BCUT2D eigenvalue weighted by atomic mass is 16.5. The second-order valence-electron chi connectivity index (χ2n) is 10.1. The summed E-state index contributed by atoms with van der Waals surface area (Å²) in [6.45, 7) is 5.37. The minimum atomic E-state index is -0.0217. The van der Waals surface area contributed by atoms with Crippen molar-refractivity contribution in [3.05, 3.63) is 81.4 Å². The van der Waals surface area contributed by atoms with Crippen LogP contribution in [0.15, 0.2) is 53.3 Å². The Labute approximate surface area is 217 Å². The van der Waals surface area contributed by atoms with E-state index < -0.39 is 0 Å². The van der Waals surface area contributed by atoms with E-state index in [9.17, 15) is 4.79 Å². The number of ether oxygens (including phenoxy) is 1. The quantitative estimate of drug-likeness (QED) is 0.341. The molecular formula is C29H36N6O2. The molecule has 8 heteroatoms. The zero-order valence-electron chi connectivity index (χ0n) is 22.0. The monoisotopic (exact) mass is 500 g/mol. The molecule has 1 aliphatic rings. The lowest BCUT2D eigenvalue weighted by molar-refractivity contribution is 0.0844. The number of hydrogen-bond acceptors (Lipinski definition) is 6. The van der Waals surface area contributed by atoms with Gasteiger partial charge in [-0.05, 0) is 77.4 Å². The Bertz CT molecular complexity index is 1390. The zero-order chi connectivity index (χ0) is 25.8. The molecule has 1 saturated carbocycles. The first kappa shape index (κ1) is 25.1. The van der Waals surface area contributed by atoms with Crippen LogP contribution in [0.3, 0.4) is 0 Å². The molecule has 1 aliphatic carbocycles. The van der Waals surface area contributed by atoms with E-state index in [0.717, 1.165) is 58.4 Å². The number of hydrogen-bond donors (Lipinski definition) is 1. The summed E-state index contributed by atoms with van der Waals surface area (Å²) >= 11 is 0. The van der Waals surface area contributed by atoms with E-state index in [1.165, 1.54) is 19.3 Å². The lowest BCUT2D eigenvalue weighted by Gasteiger charge is -2.39. The number of tetrazole rings is 1. The van der Waals surface area contributed by atoms with Crippen molar-refractivity contribution in [2.24, 2.45) is 0 Å². The third-order valence-corrected chi connectivity index (χ3v) is 7.61. The van der Waals surface area contributed by atoms with Gasteiger partial charge in [0, 0.05) is 23.7 Å². The van der Waals surface area contributed by atoms with Gasteiger partial charge < -0.3 is 9.72 Å². The average Bonchev–Trinajstić information content (AvgIpc) is 3.37. The molecule has 1 fully saturated rings. The van der Waals surface area contributed by atoms with Crippen molar-refractivity contribution in [3.63, 3.8) is 0 Å². The molecule has 1 N–H and O–H groups in total. The zero-order valence-corrected chi connectivity index (χ0v) is 22.0. The molecule has 0 aliphatic heterocycles. The van der Waals surface area contributed by atoms with E-state index in [0.29, 0.717) is 19.1 Å². The summed E-state index contributed by atoms with van der Waals surface area (Å²) < 4.78 is 7.20. The number of rotatable bonds is 9. The molecule has 4 aromatic rings. The van der Waals surface area contributed by atoms with E-state index in [2.05, 4.69) is 50.5 Å². The Kier molecular flexibility index (Phi) is 7.65. The van der Waals surface area contributed by atoms with Gasteiger partial charge in [0.25, 0.3) is 5.56 Å². The number of fused-ring (bicyclic) bond motifs is 1. The van der Waals surface area contributed by atoms with E-state index in [4.69, 9.17) is 4.74 Å². The summed E-state index contributed by atoms with van der Waals surface area (Å²) in [6.07, 6.45) is 6.79. The number of benzene rings is 2. The maximum Gasteiger partial charge on any atom is 0.252 e. The molecule has 0 spiro atoms. The van der Waals surface area contributed by atoms with E-state index in [1.54, 1.807) is 7.11 Å². The number of nitrogens with zero attached hydrogens (tertiary/aromatic N) is 5. The van der Waals surface area contributed by atoms with Crippen LogP contribution in [0.25, 0.3) is 10.9 Å². The van der Waals surface area contributed by atoms with Gasteiger partial charge in [-0.15, -0.1) is 5.10 Å². The standard InChI is InChI=1S/C29H36N6O2/c1-4-27(28-31-32-33-35(28)18-21-11-14-25(37-3)15-12-21)34(24-8-6-5-7-9-24)19-23-17-22-13-10-20(2)16-26(22)30-29(23)36/h10-17,24,27H,4-9,18-19H2,1-3H3,(H,30,36). The molecule has 2 aromatic heterocycles. The topological polar surface area (TPSA) is 88.9 Å². The smallest absolute Gasteiger partial charge is 0.252 e. The highest BCUT2D eigenvalue weighted by Crippen LogP contribution is 2.33. The molecular weight excluding hydrogens is 464 g/mol. The Balaban J connectivity index is 1.48. The second-order valence-corrected chi connectivity index (χ2v) is 10.1. The molecule has 0 saturated heterocycles. The molecule has 5 rings (SSSR count). The Morgan fingerprint density at radius 2 is 1.89 bits per heavy atom. The summed E-state index contributed by atoms with van der Waals surface area (Å²) in [5.41, 5.74) is 3.89. The molecule has 1 unspecified atom stereocenters. The van der Waals surface area contributed by atoms with E-state index in [1.807, 2.05) is 41.9 Å². The van der Waals surface area contributed by atoms with Crippen LogP contribution >= 0.6 is 0 Å². The molecule has 194 valence electrons. The fourth-order valence-corrected chi connectivity index (χ4v) is 5.61. The van der Waals surface area contributed by atoms with Gasteiger partial charge in [0.15, 0.2) is 5.82 Å². The van der Waals surface area contributed by atoms with Gasteiger partial charge in [-0.1, -0.05) is 50.5 Å². The Morgan fingerprint density at radius 1 is 1.11 bits per heavy atom. The number of H-pyrrole nitrogens is 1. The normalized spacial score (nSPS) is 15.4. The first-order valence-corrected chi connectivity index (χ1v) is 13.3. The van der Waals surface area contributed by atoms with Crippen LogP contribution in [0, 0.1) is 6.92 Å². The van der Waals surface area contributed by atoms with Crippen LogP contribution in [-0.2, 0) is 13.1 Å². The van der Waals surface area contributed by atoms with Crippen LogP contribution in [0.5, 0.6) is 5.75 Å². The summed E-state index contributed by atoms with van der Waals surface area (Å²) in [5, 5.41) is 14.0. The van der Waals surface area contributed by atoms with Gasteiger partial charge in [0.1, 0.15) is 5.75 Å². The molecule has 8 nitrogen and oxygen atoms in total. The average molecular weight is 501 g/mol. The Hall–Kier alpha value is -3.52. The third kappa shape index (κ3) is 5.59. The number of pyridine rings is 1. The fourth-order valence-electron chi connectivity index (χ4n) is 5.61. The van der Waals surface area contributed by atoms with E-state index in [-0.39, 0.29) is 11.6 Å². The minimum Gasteiger partial charge on any atom is -0.497 e. The van der Waals surface area contributed by atoms with Crippen LogP contribution in [0.1, 0.15) is 74.0 Å². The van der Waals surface area contributed by atoms with Crippen LogP contribution < -0.4 is 10.3 Å². The van der Waals surface area contributed by atoms with Gasteiger partial charge in [0.05, 0.1) is 19.7 Å². The van der Waals surface area contributed by atoms with Crippen LogP contribution in [0.2, 0.25) is 0 Å². The third-order valence-electron chi connectivity index (χ3n) is 7.61. The SMILES string of the molecule is CCC(c1nnnn1Cc1ccc(OC)cc1)N(Cc1cc2ccc(C)cc2[nH]c1=O)C1CCCCC1. The number of nitrogens with one attached hydrogen (secondary N) is 1. The predicted octanol–water partition coefficient (Wildman–Crippen LogP) is 5.17. The first-order chi connectivity index (χ1) is 18.1. The summed E-state index contributed by atoms with van der Waals surface area (Å²) in [7, 11) is 1.67. The minimum absolute atomic E-state index is 0.00413. The van der Waals surface area contributed by atoms with Gasteiger partial charge in [0.2, 0.25) is 0 Å². The molecule has 0 bridgehead atoms. The maximum atomic E-state index is 13.2. The highest BCUT2D eigenvalue weighted by molar-refractivity contribution is 5.79. The lowest BCUT2D eigenvalue weighted by atomic mass is 9.92. The molecule has 1 atom stereocenters. The van der Waals surface area contributed by atoms with Crippen molar-refractivity contribution in [2.75, 3.05) is 7.11 Å². The maximum absolute atomic E-state index is 13.2. The van der Waals surface area contributed by atoms with E-state index >= 15 is 0 Å². The number of aromatic amines is 1. The Morgan fingerprint density at radius 3 is 2.62 bits per heavy atom. The van der Waals surface area contributed by atoms with Crippen molar-refractivity contribution in [1.82, 2.24) is 30.1 Å². The molecule has 2 heterocycles. The lowest BCUT2D eigenvalue weighted by Crippen LogP contribution is -2.41. The van der Waals surface area contributed by atoms with Gasteiger partial charge in [-0.25, -0.2) is 4.68 Å². The van der Waals surface area contributed by atoms with Crippen LogP contribution in [0.4, 0.5) is 0 Å². The van der Waals surface area contributed by atoms with Crippen molar-refractivity contribution in [3.8, 4) is 5.75 Å². The predicted molar refractivity (Wildman–Crippen MR) is 145 cm³/mol. The second kappa shape index (κ2) is 11.3. The highest BCUT2D eigenvalue weighted by Gasteiger charge is 2.32. The van der Waals surface area contributed by atoms with Gasteiger partial charge >= 0.3 is 0 Å². The van der Waals surface area contributed by atoms with Crippen LogP contribution in [-0.4, -0.2) is 43.2 Å². The van der Waals surface area contributed by atoms with Gasteiger partial charge in [-0.2, -0.15) is 0 Å². The number of aryl methyl sites for hydroxylation is 1. The van der Waals surface area contributed by atoms with Crippen molar-refractivity contribution in [2.45, 2.75) is 77.5 Å². The summed E-state index contributed by atoms with van der Waals surface area (Å²) in [6, 6.07) is 16.6. The summed E-state index contributed by atoms with van der Waals surface area (Å²) in [4.78, 5) is 18.8. The van der Waals surface area contributed by atoms with Crippen molar-refractivity contribution >= 4 is 10.9 Å². The summed E-state index contributed by atoms with van der Waals surface area (Å²) in [5.74, 6) is 1.67. The molecule has 2 aromatic carbocycles. The largest absolute Gasteiger partial charge is 0.497 e. The van der Waals surface area contributed by atoms with Gasteiger partial charge in [-0.3, -0.25) is 9.69 Å². The molecule has 0 radical (unpaired) electrons. The molecule has 37 heavy (non-hydrogen) atoms. The first-order valence-electron chi connectivity index (χ1n) is 13.3. The van der Waals surface area contributed by atoms with Crippen molar-refractivity contribution in [1.29, 1.82) is 0 Å². The fraction of sp³-hybridized carbons (Fsp3) is 0.448.